The molecule has 0 aromatic carbocycles. The van der Waals surface area contributed by atoms with Crippen molar-refractivity contribution in [3.05, 3.63) is 46.5 Å². The predicted octanol–water partition coefficient (Wildman–Crippen LogP) is 1.66. The molecular formula is C18H21N3O6S. The maximum Gasteiger partial charge on any atom is 0.329 e. The Bertz CT molecular complexity index is 801. The van der Waals surface area contributed by atoms with Crippen molar-refractivity contribution in [2.75, 3.05) is 6.61 Å². The van der Waals surface area contributed by atoms with Crippen molar-refractivity contribution in [3.8, 4) is 0 Å². The van der Waals surface area contributed by atoms with E-state index in [1.807, 2.05) is 17.5 Å². The molecule has 1 atom stereocenters. The second-order valence-corrected chi connectivity index (χ2v) is 7.12. The number of furan rings is 1. The predicted molar refractivity (Wildman–Crippen MR) is 100 cm³/mol. The molecular weight excluding hydrogens is 386 g/mol. The van der Waals surface area contributed by atoms with Crippen LogP contribution in [0.2, 0.25) is 0 Å². The van der Waals surface area contributed by atoms with Crippen LogP contribution < -0.4 is 16.0 Å². The average Bonchev–Trinajstić information content (AvgIpc) is 3.35. The highest BCUT2D eigenvalue weighted by molar-refractivity contribution is 7.09. The molecule has 0 spiro atoms. The van der Waals surface area contributed by atoms with Gasteiger partial charge in [0.25, 0.3) is 11.8 Å². The summed E-state index contributed by atoms with van der Waals surface area (Å²) in [5, 5.41) is 8.96. The van der Waals surface area contributed by atoms with Gasteiger partial charge >= 0.3 is 12.0 Å². The monoisotopic (exact) mass is 407 g/mol. The Labute approximate surface area is 165 Å². The van der Waals surface area contributed by atoms with Crippen molar-refractivity contribution in [2.24, 2.45) is 5.92 Å². The van der Waals surface area contributed by atoms with Crippen molar-refractivity contribution in [1.82, 2.24) is 16.0 Å². The lowest BCUT2D eigenvalue weighted by molar-refractivity contribution is -0.151. The molecule has 28 heavy (non-hydrogen) atoms. The minimum absolute atomic E-state index is 0.0543. The van der Waals surface area contributed by atoms with Gasteiger partial charge in [0.1, 0.15) is 6.04 Å². The zero-order valence-corrected chi connectivity index (χ0v) is 16.2. The van der Waals surface area contributed by atoms with Crippen molar-refractivity contribution in [2.45, 2.75) is 26.4 Å². The summed E-state index contributed by atoms with van der Waals surface area (Å²) >= 11 is 1.47. The number of ether oxygens (including phenoxy) is 1. The van der Waals surface area contributed by atoms with Gasteiger partial charge in [-0.05, 0) is 29.5 Å². The van der Waals surface area contributed by atoms with Crippen LogP contribution in [-0.2, 0) is 20.9 Å². The normalized spacial score (nSPS) is 11.5. The van der Waals surface area contributed by atoms with E-state index in [0.29, 0.717) is 0 Å². The van der Waals surface area contributed by atoms with Crippen LogP contribution in [0.1, 0.15) is 29.3 Å². The zero-order valence-electron chi connectivity index (χ0n) is 15.4. The van der Waals surface area contributed by atoms with Crippen LogP contribution in [-0.4, -0.2) is 36.5 Å². The van der Waals surface area contributed by atoms with Crippen LogP contribution in [0.5, 0.6) is 0 Å². The number of hydrogen-bond acceptors (Lipinski definition) is 7. The number of esters is 1. The molecule has 2 heterocycles. The third-order valence-electron chi connectivity index (χ3n) is 3.55. The lowest BCUT2D eigenvalue weighted by Crippen LogP contribution is -2.47. The van der Waals surface area contributed by atoms with Gasteiger partial charge in [0.05, 0.1) is 12.8 Å². The van der Waals surface area contributed by atoms with Crippen LogP contribution in [0.25, 0.3) is 0 Å². The van der Waals surface area contributed by atoms with Gasteiger partial charge in [-0.15, -0.1) is 11.3 Å². The maximum atomic E-state index is 12.2. The number of thiophene rings is 1. The average molecular weight is 407 g/mol. The van der Waals surface area contributed by atoms with E-state index in [-0.39, 0.29) is 18.2 Å². The quantitative estimate of drug-likeness (QED) is 0.571. The molecule has 0 aliphatic carbocycles. The summed E-state index contributed by atoms with van der Waals surface area (Å²) in [6, 6.07) is 5.03. The largest absolute Gasteiger partial charge is 0.459 e. The van der Waals surface area contributed by atoms with Gasteiger partial charge < -0.3 is 19.8 Å². The van der Waals surface area contributed by atoms with Crippen LogP contribution in [0.3, 0.4) is 0 Å². The van der Waals surface area contributed by atoms with Crippen LogP contribution in [0.15, 0.2) is 40.3 Å². The Hall–Kier alpha value is -3.14. The molecule has 150 valence electrons. The Kier molecular flexibility index (Phi) is 7.76. The second-order valence-electron chi connectivity index (χ2n) is 6.09. The first-order valence-electron chi connectivity index (χ1n) is 8.48. The lowest BCUT2D eigenvalue weighted by Gasteiger charge is -2.20. The smallest absolute Gasteiger partial charge is 0.329 e. The summed E-state index contributed by atoms with van der Waals surface area (Å²) in [4.78, 5) is 48.6. The molecule has 9 nitrogen and oxygen atoms in total. The summed E-state index contributed by atoms with van der Waals surface area (Å²) in [6.07, 6.45) is 1.34. The minimum Gasteiger partial charge on any atom is -0.459 e. The SMILES string of the molecule is CC(C)[C@H](NC(=O)c1ccco1)C(=O)OCC(=O)NC(=O)NCc1cccs1. The molecule has 2 aromatic heterocycles. The first-order valence-corrected chi connectivity index (χ1v) is 9.36. The highest BCUT2D eigenvalue weighted by Crippen LogP contribution is 2.08. The van der Waals surface area contributed by atoms with Gasteiger partial charge in [0.15, 0.2) is 12.4 Å². The van der Waals surface area contributed by atoms with Crippen LogP contribution >= 0.6 is 11.3 Å². The van der Waals surface area contributed by atoms with Gasteiger partial charge in [-0.25, -0.2) is 9.59 Å². The highest BCUT2D eigenvalue weighted by Gasteiger charge is 2.27. The molecule has 0 unspecified atom stereocenters. The molecule has 0 aliphatic rings. The topological polar surface area (TPSA) is 127 Å². The molecule has 0 saturated heterocycles. The van der Waals surface area contributed by atoms with E-state index in [0.717, 1.165) is 4.88 Å². The summed E-state index contributed by atoms with van der Waals surface area (Å²) < 4.78 is 9.90. The van der Waals surface area contributed by atoms with E-state index >= 15 is 0 Å². The maximum absolute atomic E-state index is 12.2. The van der Waals surface area contributed by atoms with E-state index < -0.39 is 36.5 Å². The number of imide groups is 1. The Morgan fingerprint density at radius 1 is 1.18 bits per heavy atom. The number of carbonyl (C=O) groups excluding carboxylic acids is 4. The number of urea groups is 1. The summed E-state index contributed by atoms with van der Waals surface area (Å²) in [6.45, 7) is 3.06. The van der Waals surface area contributed by atoms with Gasteiger partial charge in [-0.3, -0.25) is 14.9 Å². The number of hydrogen-bond donors (Lipinski definition) is 3. The molecule has 0 saturated carbocycles. The third kappa shape index (κ3) is 6.54. The number of amides is 4. The lowest BCUT2D eigenvalue weighted by atomic mass is 10.0. The molecule has 3 N–H and O–H groups in total. The summed E-state index contributed by atoms with van der Waals surface area (Å²) in [7, 11) is 0. The highest BCUT2D eigenvalue weighted by atomic mass is 32.1. The molecule has 2 aromatic rings. The van der Waals surface area contributed by atoms with Crippen molar-refractivity contribution in [3.63, 3.8) is 0 Å². The van der Waals surface area contributed by atoms with Gasteiger partial charge in [0, 0.05) is 4.88 Å². The van der Waals surface area contributed by atoms with Crippen LogP contribution in [0, 0.1) is 5.92 Å². The number of rotatable bonds is 8. The van der Waals surface area contributed by atoms with Gasteiger partial charge in [0.2, 0.25) is 0 Å². The summed E-state index contributed by atoms with van der Waals surface area (Å²) in [5.41, 5.74) is 0. The van der Waals surface area contributed by atoms with Crippen molar-refractivity contribution < 1.29 is 28.3 Å². The van der Waals surface area contributed by atoms with E-state index in [1.54, 1.807) is 19.9 Å². The molecule has 0 bridgehead atoms. The Morgan fingerprint density at radius 3 is 2.57 bits per heavy atom. The molecule has 0 radical (unpaired) electrons. The Morgan fingerprint density at radius 2 is 1.96 bits per heavy atom. The Balaban J connectivity index is 1.76. The van der Waals surface area contributed by atoms with E-state index in [1.165, 1.54) is 23.7 Å². The summed E-state index contributed by atoms with van der Waals surface area (Å²) in [5.74, 6) is -2.37. The zero-order chi connectivity index (χ0) is 20.5. The second kappa shape index (κ2) is 10.3. The van der Waals surface area contributed by atoms with Crippen LogP contribution in [0.4, 0.5) is 4.79 Å². The van der Waals surface area contributed by atoms with E-state index in [4.69, 9.17) is 9.15 Å². The van der Waals surface area contributed by atoms with Gasteiger partial charge in [-0.2, -0.15) is 0 Å². The molecule has 0 aliphatic heterocycles. The molecule has 2 rings (SSSR count). The number of nitrogens with one attached hydrogen (secondary N) is 3. The molecule has 10 heteroatoms. The van der Waals surface area contributed by atoms with E-state index in [2.05, 4.69) is 16.0 Å². The third-order valence-corrected chi connectivity index (χ3v) is 4.43. The first kappa shape index (κ1) is 21.2. The van der Waals surface area contributed by atoms with Crippen molar-refractivity contribution in [1.29, 1.82) is 0 Å². The number of carbonyl (C=O) groups is 4. The fraction of sp³-hybridized carbons (Fsp3) is 0.333. The fourth-order valence-electron chi connectivity index (χ4n) is 2.13. The minimum atomic E-state index is -0.974. The molecule has 0 fully saturated rings. The van der Waals surface area contributed by atoms with Gasteiger partial charge in [-0.1, -0.05) is 19.9 Å². The van der Waals surface area contributed by atoms with Crippen molar-refractivity contribution >= 4 is 35.2 Å². The molecule has 4 amide bonds. The van der Waals surface area contributed by atoms with E-state index in [9.17, 15) is 19.2 Å². The first-order chi connectivity index (χ1) is 13.4. The fourth-order valence-corrected chi connectivity index (χ4v) is 2.78. The standard InChI is InChI=1S/C18H21N3O6S/c1-11(2)15(21-16(23)13-6-3-7-26-13)17(24)27-10-14(22)20-18(25)19-9-12-5-4-8-28-12/h3-8,11,15H,9-10H2,1-2H3,(H,21,23)(H2,19,20,22,25)/t15-/m0/s1.